The maximum atomic E-state index is 13.3. The second-order valence-electron chi connectivity index (χ2n) is 9.83. The molecular weight excluding hydrogens is 466 g/mol. The van der Waals surface area contributed by atoms with Crippen molar-refractivity contribution in [3.8, 4) is 0 Å². The van der Waals surface area contributed by atoms with Gasteiger partial charge in [-0.1, -0.05) is 30.3 Å². The van der Waals surface area contributed by atoms with E-state index in [4.69, 9.17) is 14.2 Å². The zero-order chi connectivity index (χ0) is 26.6. The van der Waals surface area contributed by atoms with Crippen molar-refractivity contribution in [2.45, 2.75) is 71.1 Å². The second kappa shape index (κ2) is 14.3. The van der Waals surface area contributed by atoms with Crippen molar-refractivity contribution in [1.82, 2.24) is 15.5 Å². The first-order valence-electron chi connectivity index (χ1n) is 12.4. The average Bonchev–Trinajstić information content (AvgIpc) is 2.85. The first kappa shape index (κ1) is 28.9. The fraction of sp³-hybridized carbons (Fsp3) is 0.615. The molecule has 1 aromatic carbocycles. The van der Waals surface area contributed by atoms with Gasteiger partial charge in [0.2, 0.25) is 5.91 Å². The number of amides is 3. The van der Waals surface area contributed by atoms with Crippen molar-refractivity contribution in [3.05, 3.63) is 35.9 Å². The Morgan fingerprint density at radius 1 is 1.08 bits per heavy atom. The van der Waals surface area contributed by atoms with Crippen LogP contribution in [0.15, 0.2) is 30.3 Å². The molecule has 1 saturated heterocycles. The topological polar surface area (TPSA) is 123 Å². The number of alkyl carbamates (subject to hydrolysis) is 2. The van der Waals surface area contributed by atoms with Gasteiger partial charge in [-0.3, -0.25) is 9.59 Å². The number of nitrogens with one attached hydrogen (secondary N) is 2. The van der Waals surface area contributed by atoms with Crippen molar-refractivity contribution in [1.29, 1.82) is 0 Å². The minimum absolute atomic E-state index is 0.186. The summed E-state index contributed by atoms with van der Waals surface area (Å²) in [6, 6.07) is 8.58. The van der Waals surface area contributed by atoms with Crippen LogP contribution in [0.4, 0.5) is 9.59 Å². The monoisotopic (exact) mass is 505 g/mol. The number of carbonyl (C=O) groups is 4. The first-order chi connectivity index (χ1) is 17.1. The molecule has 2 atom stereocenters. The number of ether oxygens (including phenoxy) is 3. The number of rotatable bonds is 10. The van der Waals surface area contributed by atoms with Gasteiger partial charge >= 0.3 is 18.2 Å². The highest BCUT2D eigenvalue weighted by molar-refractivity contribution is 5.86. The second-order valence-corrected chi connectivity index (χ2v) is 9.83. The van der Waals surface area contributed by atoms with Gasteiger partial charge in [-0.15, -0.1) is 0 Å². The van der Waals surface area contributed by atoms with Gasteiger partial charge in [-0.05, 0) is 58.4 Å². The molecule has 3 amide bonds. The third-order valence-electron chi connectivity index (χ3n) is 5.66. The normalized spacial score (nSPS) is 16.4. The maximum Gasteiger partial charge on any atom is 0.408 e. The third-order valence-corrected chi connectivity index (χ3v) is 5.66. The SMILES string of the molecule is COC(=O)[C@H]1CCCN(C(=O)[C@@H](CCCCNC(=O)OCc2ccccc2)NC(=O)OC(C)(C)C)C1. The lowest BCUT2D eigenvalue weighted by Crippen LogP contribution is -2.52. The van der Waals surface area contributed by atoms with Crippen LogP contribution in [-0.2, 0) is 30.4 Å². The van der Waals surface area contributed by atoms with E-state index in [9.17, 15) is 19.2 Å². The lowest BCUT2D eigenvalue weighted by Gasteiger charge is -2.34. The van der Waals surface area contributed by atoms with Crippen molar-refractivity contribution >= 4 is 24.1 Å². The lowest BCUT2D eigenvalue weighted by atomic mass is 9.97. The van der Waals surface area contributed by atoms with Crippen LogP contribution >= 0.6 is 0 Å². The summed E-state index contributed by atoms with van der Waals surface area (Å²) < 4.78 is 15.4. The van der Waals surface area contributed by atoms with Gasteiger partial charge in [0.1, 0.15) is 18.2 Å². The maximum absolute atomic E-state index is 13.3. The van der Waals surface area contributed by atoms with E-state index in [1.54, 1.807) is 25.7 Å². The van der Waals surface area contributed by atoms with Crippen LogP contribution in [0.3, 0.4) is 0 Å². The minimum atomic E-state index is -0.804. The van der Waals surface area contributed by atoms with Crippen LogP contribution in [0.25, 0.3) is 0 Å². The van der Waals surface area contributed by atoms with Gasteiger partial charge in [0, 0.05) is 19.6 Å². The van der Waals surface area contributed by atoms with Crippen molar-refractivity contribution in [2.75, 3.05) is 26.7 Å². The lowest BCUT2D eigenvalue weighted by molar-refractivity contribution is -0.149. The molecule has 1 aliphatic rings. The number of benzene rings is 1. The number of unbranched alkanes of at least 4 members (excludes halogenated alkanes) is 1. The molecule has 0 saturated carbocycles. The highest BCUT2D eigenvalue weighted by atomic mass is 16.6. The van der Waals surface area contributed by atoms with Crippen LogP contribution < -0.4 is 10.6 Å². The highest BCUT2D eigenvalue weighted by Crippen LogP contribution is 2.20. The summed E-state index contributed by atoms with van der Waals surface area (Å²) >= 11 is 0. The minimum Gasteiger partial charge on any atom is -0.469 e. The Labute approximate surface area is 213 Å². The van der Waals surface area contributed by atoms with Crippen LogP contribution in [0, 0.1) is 5.92 Å². The van der Waals surface area contributed by atoms with Crippen LogP contribution in [-0.4, -0.2) is 67.3 Å². The molecule has 0 spiro atoms. The van der Waals surface area contributed by atoms with E-state index in [2.05, 4.69) is 10.6 Å². The van der Waals surface area contributed by atoms with E-state index in [0.717, 1.165) is 5.56 Å². The molecule has 10 nitrogen and oxygen atoms in total. The number of hydrogen-bond donors (Lipinski definition) is 2. The van der Waals surface area contributed by atoms with E-state index in [0.29, 0.717) is 45.2 Å². The van der Waals surface area contributed by atoms with Crippen LogP contribution in [0.5, 0.6) is 0 Å². The zero-order valence-electron chi connectivity index (χ0n) is 21.7. The third kappa shape index (κ3) is 10.5. The molecule has 0 unspecified atom stereocenters. The number of piperidine rings is 1. The van der Waals surface area contributed by atoms with Gasteiger partial charge in [-0.25, -0.2) is 9.59 Å². The smallest absolute Gasteiger partial charge is 0.408 e. The number of carbonyl (C=O) groups excluding carboxylic acids is 4. The van der Waals surface area contributed by atoms with Crippen molar-refractivity contribution in [3.63, 3.8) is 0 Å². The number of likely N-dealkylation sites (tertiary alicyclic amines) is 1. The summed E-state index contributed by atoms with van der Waals surface area (Å²) in [7, 11) is 1.33. The molecule has 10 heteroatoms. The first-order valence-corrected chi connectivity index (χ1v) is 12.4. The molecule has 1 heterocycles. The molecule has 0 aliphatic carbocycles. The fourth-order valence-corrected chi connectivity index (χ4v) is 3.90. The molecule has 36 heavy (non-hydrogen) atoms. The Bertz CT molecular complexity index is 870. The Morgan fingerprint density at radius 3 is 2.47 bits per heavy atom. The summed E-state index contributed by atoms with van der Waals surface area (Å²) in [6.45, 7) is 6.56. The van der Waals surface area contributed by atoms with E-state index in [1.807, 2.05) is 30.3 Å². The van der Waals surface area contributed by atoms with Gasteiger partial charge in [-0.2, -0.15) is 0 Å². The average molecular weight is 506 g/mol. The highest BCUT2D eigenvalue weighted by Gasteiger charge is 2.33. The van der Waals surface area contributed by atoms with Gasteiger partial charge in [0.15, 0.2) is 0 Å². The van der Waals surface area contributed by atoms with E-state index in [-0.39, 0.29) is 30.9 Å². The molecule has 0 aromatic heterocycles. The Balaban J connectivity index is 1.85. The van der Waals surface area contributed by atoms with Crippen molar-refractivity contribution in [2.24, 2.45) is 5.92 Å². The molecule has 2 rings (SSSR count). The van der Waals surface area contributed by atoms with E-state index >= 15 is 0 Å². The molecule has 200 valence electrons. The molecule has 2 N–H and O–H groups in total. The standard InChI is InChI=1S/C26H39N3O7/c1-26(2,3)36-25(33)28-21(22(30)29-16-10-13-20(17-29)23(31)34-4)14-8-9-15-27-24(32)35-18-19-11-6-5-7-12-19/h5-7,11-12,20-21H,8-10,13-18H2,1-4H3,(H,27,32)(H,28,33)/t20-,21+/m0/s1. The number of methoxy groups -OCH3 is 1. The Hall–Kier alpha value is -3.30. The quantitative estimate of drug-likeness (QED) is 0.284. The van der Waals surface area contributed by atoms with E-state index in [1.165, 1.54) is 7.11 Å². The predicted octanol–water partition coefficient (Wildman–Crippen LogP) is 3.39. The predicted molar refractivity (Wildman–Crippen MR) is 133 cm³/mol. The Morgan fingerprint density at radius 2 is 1.81 bits per heavy atom. The van der Waals surface area contributed by atoms with Crippen LogP contribution in [0.2, 0.25) is 0 Å². The molecule has 1 aliphatic heterocycles. The number of hydrogen-bond acceptors (Lipinski definition) is 7. The van der Waals surface area contributed by atoms with Crippen molar-refractivity contribution < 1.29 is 33.4 Å². The molecule has 0 radical (unpaired) electrons. The summed E-state index contributed by atoms with van der Waals surface area (Å²) in [5, 5.41) is 5.38. The summed E-state index contributed by atoms with van der Waals surface area (Å²) in [4.78, 5) is 51.1. The Kier molecular flexibility index (Phi) is 11.5. The molecular formula is C26H39N3O7. The van der Waals surface area contributed by atoms with Gasteiger partial charge in [0.25, 0.3) is 0 Å². The molecule has 0 bridgehead atoms. The molecule has 1 aromatic rings. The van der Waals surface area contributed by atoms with E-state index < -0.39 is 23.8 Å². The molecule has 1 fully saturated rings. The van der Waals surface area contributed by atoms with Gasteiger partial charge < -0.3 is 29.7 Å². The summed E-state index contributed by atoms with van der Waals surface area (Å²) in [5.74, 6) is -0.972. The fourth-order valence-electron chi connectivity index (χ4n) is 3.90. The van der Waals surface area contributed by atoms with Crippen LogP contribution in [0.1, 0.15) is 58.4 Å². The summed E-state index contributed by atoms with van der Waals surface area (Å²) in [6.07, 6.45) is 1.67. The number of nitrogens with zero attached hydrogens (tertiary/aromatic N) is 1. The summed E-state index contributed by atoms with van der Waals surface area (Å²) in [5.41, 5.74) is 0.192. The van der Waals surface area contributed by atoms with Gasteiger partial charge in [0.05, 0.1) is 13.0 Å². The zero-order valence-corrected chi connectivity index (χ0v) is 21.7. The largest absolute Gasteiger partial charge is 0.469 e. The number of esters is 1.